The van der Waals surface area contributed by atoms with E-state index in [0.717, 1.165) is 22.8 Å². The van der Waals surface area contributed by atoms with E-state index in [1.807, 2.05) is 13.0 Å². The van der Waals surface area contributed by atoms with Crippen LogP contribution in [0, 0.1) is 11.3 Å². The zero-order valence-electron chi connectivity index (χ0n) is 11.1. The lowest BCUT2D eigenvalue weighted by molar-refractivity contribution is -0.137. The fraction of sp³-hybridized carbons (Fsp3) is 0.200. The quantitative estimate of drug-likeness (QED) is 0.768. The second-order valence-corrected chi connectivity index (χ2v) is 5.50. The van der Waals surface area contributed by atoms with Gasteiger partial charge in [-0.05, 0) is 29.5 Å². The zero-order valence-corrected chi connectivity index (χ0v) is 11.9. The van der Waals surface area contributed by atoms with Crippen molar-refractivity contribution in [2.75, 3.05) is 5.75 Å². The molecule has 0 atom stereocenters. The molecule has 21 heavy (non-hydrogen) atoms. The molecular formula is C15H11F3N2S. The monoisotopic (exact) mass is 308 g/mol. The van der Waals surface area contributed by atoms with Crippen molar-refractivity contribution in [2.24, 2.45) is 0 Å². The average Bonchev–Trinajstić information content (AvgIpc) is 2.47. The molecular weight excluding hydrogens is 297 g/mol. The predicted molar refractivity (Wildman–Crippen MR) is 75.8 cm³/mol. The summed E-state index contributed by atoms with van der Waals surface area (Å²) in [7, 11) is 0. The van der Waals surface area contributed by atoms with E-state index in [2.05, 4.69) is 4.98 Å². The number of hydrogen-bond acceptors (Lipinski definition) is 3. The van der Waals surface area contributed by atoms with Gasteiger partial charge < -0.3 is 0 Å². The fourth-order valence-corrected chi connectivity index (χ4v) is 2.56. The highest BCUT2D eigenvalue weighted by molar-refractivity contribution is 7.99. The third-order valence-corrected chi connectivity index (χ3v) is 3.71. The number of nitrogens with zero attached hydrogens (tertiary/aromatic N) is 2. The Bertz CT molecular complexity index is 673. The first-order valence-electron chi connectivity index (χ1n) is 6.16. The number of pyridine rings is 1. The highest BCUT2D eigenvalue weighted by Gasteiger charge is 2.29. The molecule has 0 bridgehead atoms. The number of benzene rings is 1. The number of thioether (sulfide) groups is 1. The van der Waals surface area contributed by atoms with Crippen LogP contribution in [0.1, 0.15) is 18.2 Å². The van der Waals surface area contributed by atoms with Crippen LogP contribution in [-0.2, 0) is 6.18 Å². The summed E-state index contributed by atoms with van der Waals surface area (Å²) < 4.78 is 37.6. The van der Waals surface area contributed by atoms with E-state index in [9.17, 15) is 13.2 Å². The van der Waals surface area contributed by atoms with Gasteiger partial charge in [-0.1, -0.05) is 19.1 Å². The Hall–Kier alpha value is -2.00. The van der Waals surface area contributed by atoms with Crippen molar-refractivity contribution >= 4 is 11.8 Å². The topological polar surface area (TPSA) is 36.7 Å². The Balaban J connectivity index is 2.38. The Morgan fingerprint density at radius 2 is 1.86 bits per heavy atom. The average molecular weight is 308 g/mol. The highest BCUT2D eigenvalue weighted by Crippen LogP contribution is 2.32. The van der Waals surface area contributed by atoms with Gasteiger partial charge in [0.15, 0.2) is 5.69 Å². The van der Waals surface area contributed by atoms with Crippen molar-refractivity contribution in [3.05, 3.63) is 47.8 Å². The molecule has 0 saturated heterocycles. The summed E-state index contributed by atoms with van der Waals surface area (Å²) >= 11 is 1.48. The fourth-order valence-electron chi connectivity index (χ4n) is 1.80. The number of hydrogen-bond donors (Lipinski definition) is 0. The highest BCUT2D eigenvalue weighted by atomic mass is 32.2. The van der Waals surface area contributed by atoms with Crippen LogP contribution < -0.4 is 0 Å². The summed E-state index contributed by atoms with van der Waals surface area (Å²) in [5.74, 6) is 0.785. The van der Waals surface area contributed by atoms with Crippen LogP contribution in [0.5, 0.6) is 0 Å². The summed E-state index contributed by atoms with van der Waals surface area (Å²) in [6.07, 6.45) is -2.84. The molecule has 0 unspecified atom stereocenters. The van der Waals surface area contributed by atoms with Crippen molar-refractivity contribution in [1.29, 1.82) is 5.26 Å². The maximum atomic E-state index is 12.5. The molecule has 1 aromatic carbocycles. The van der Waals surface area contributed by atoms with Crippen molar-refractivity contribution in [2.45, 2.75) is 18.0 Å². The molecule has 2 nitrogen and oxygen atoms in total. The Morgan fingerprint density at radius 1 is 1.19 bits per heavy atom. The summed E-state index contributed by atoms with van der Waals surface area (Å²) in [5, 5.41) is 8.98. The minimum absolute atomic E-state index is 0.331. The molecule has 2 aromatic rings. The lowest BCUT2D eigenvalue weighted by Gasteiger charge is -2.09. The predicted octanol–water partition coefficient (Wildman–Crippen LogP) is 4.75. The maximum absolute atomic E-state index is 12.5. The SMILES string of the molecule is CCSc1cc(-c2ccc(C(F)(F)F)cc2)cnc1C#N. The molecule has 2 rings (SSSR count). The molecule has 0 fully saturated rings. The number of halogens is 3. The Kier molecular flexibility index (Phi) is 4.53. The first kappa shape index (κ1) is 15.4. The Morgan fingerprint density at radius 3 is 2.38 bits per heavy atom. The standard InChI is InChI=1S/C15H11F3N2S/c1-2-21-14-7-11(9-20-13(14)8-19)10-3-5-12(6-4-10)15(16,17)18/h3-7,9H,2H2,1H3. The summed E-state index contributed by atoms with van der Waals surface area (Å²) in [6.45, 7) is 1.95. The lowest BCUT2D eigenvalue weighted by Crippen LogP contribution is -2.04. The van der Waals surface area contributed by atoms with E-state index in [-0.39, 0.29) is 0 Å². The summed E-state index contributed by atoms with van der Waals surface area (Å²) in [6, 6.07) is 8.69. The van der Waals surface area contributed by atoms with Crippen molar-refractivity contribution < 1.29 is 13.2 Å². The number of nitriles is 1. The lowest BCUT2D eigenvalue weighted by atomic mass is 10.1. The van der Waals surface area contributed by atoms with Gasteiger partial charge in [0.25, 0.3) is 0 Å². The largest absolute Gasteiger partial charge is 0.416 e. The molecule has 0 saturated carbocycles. The smallest absolute Gasteiger partial charge is 0.244 e. The molecule has 108 valence electrons. The first-order valence-corrected chi connectivity index (χ1v) is 7.15. The van der Waals surface area contributed by atoms with Crippen LogP contribution in [0.25, 0.3) is 11.1 Å². The van der Waals surface area contributed by atoms with E-state index in [1.54, 1.807) is 6.07 Å². The molecule has 0 amide bonds. The molecule has 1 aromatic heterocycles. The van der Waals surface area contributed by atoms with E-state index < -0.39 is 11.7 Å². The molecule has 0 spiro atoms. The number of rotatable bonds is 3. The van der Waals surface area contributed by atoms with Gasteiger partial charge in [-0.3, -0.25) is 0 Å². The van der Waals surface area contributed by atoms with Gasteiger partial charge in [0.2, 0.25) is 0 Å². The first-order chi connectivity index (χ1) is 9.95. The molecule has 6 heteroatoms. The van der Waals surface area contributed by atoms with Gasteiger partial charge in [0, 0.05) is 16.7 Å². The summed E-state index contributed by atoms with van der Waals surface area (Å²) in [5.41, 5.74) is 0.977. The van der Waals surface area contributed by atoms with Crippen molar-refractivity contribution in [3.8, 4) is 17.2 Å². The van der Waals surface area contributed by atoms with Crippen LogP contribution >= 0.6 is 11.8 Å². The molecule has 0 aliphatic heterocycles. The van der Waals surface area contributed by atoms with Crippen LogP contribution in [0.15, 0.2) is 41.4 Å². The van der Waals surface area contributed by atoms with Crippen LogP contribution in [0.4, 0.5) is 13.2 Å². The van der Waals surface area contributed by atoms with E-state index in [1.165, 1.54) is 30.1 Å². The van der Waals surface area contributed by atoms with Gasteiger partial charge in [-0.25, -0.2) is 4.98 Å². The van der Waals surface area contributed by atoms with Gasteiger partial charge in [-0.2, -0.15) is 18.4 Å². The van der Waals surface area contributed by atoms with Crippen LogP contribution in [-0.4, -0.2) is 10.7 Å². The van der Waals surface area contributed by atoms with Gasteiger partial charge in [-0.15, -0.1) is 11.8 Å². The normalized spacial score (nSPS) is 11.2. The molecule has 0 radical (unpaired) electrons. The second kappa shape index (κ2) is 6.19. The van der Waals surface area contributed by atoms with Gasteiger partial charge >= 0.3 is 6.18 Å². The van der Waals surface area contributed by atoms with E-state index in [0.29, 0.717) is 16.8 Å². The Labute approximate surface area is 124 Å². The zero-order chi connectivity index (χ0) is 15.5. The minimum atomic E-state index is -4.34. The summed E-state index contributed by atoms with van der Waals surface area (Å²) in [4.78, 5) is 4.79. The van der Waals surface area contributed by atoms with Gasteiger partial charge in [0.05, 0.1) is 5.56 Å². The van der Waals surface area contributed by atoms with Crippen LogP contribution in [0.2, 0.25) is 0 Å². The minimum Gasteiger partial charge on any atom is -0.244 e. The van der Waals surface area contributed by atoms with Crippen LogP contribution in [0.3, 0.4) is 0 Å². The maximum Gasteiger partial charge on any atom is 0.416 e. The number of alkyl halides is 3. The van der Waals surface area contributed by atoms with Crippen molar-refractivity contribution in [3.63, 3.8) is 0 Å². The number of aromatic nitrogens is 1. The molecule has 0 N–H and O–H groups in total. The van der Waals surface area contributed by atoms with Crippen molar-refractivity contribution in [1.82, 2.24) is 4.98 Å². The third-order valence-electron chi connectivity index (χ3n) is 2.80. The third kappa shape index (κ3) is 3.56. The molecule has 1 heterocycles. The molecule has 0 aliphatic carbocycles. The van der Waals surface area contributed by atoms with E-state index in [4.69, 9.17) is 5.26 Å². The second-order valence-electron chi connectivity index (χ2n) is 4.19. The molecule has 0 aliphatic rings. The van der Waals surface area contributed by atoms with Gasteiger partial charge in [0.1, 0.15) is 6.07 Å². The van der Waals surface area contributed by atoms with E-state index >= 15 is 0 Å².